The zero-order valence-corrected chi connectivity index (χ0v) is 11.4. The van der Waals surface area contributed by atoms with Crippen LogP contribution >= 0.6 is 0 Å². The van der Waals surface area contributed by atoms with Gasteiger partial charge in [-0.05, 0) is 25.2 Å². The first-order valence-electron chi connectivity index (χ1n) is 6.58. The number of amides is 2. The quantitative estimate of drug-likeness (QED) is 0.660. The summed E-state index contributed by atoms with van der Waals surface area (Å²) < 4.78 is 0. The fourth-order valence-corrected chi connectivity index (χ4v) is 2.51. The van der Waals surface area contributed by atoms with Crippen LogP contribution in [0.25, 0.3) is 0 Å². The maximum atomic E-state index is 12.0. The molecule has 6 nitrogen and oxygen atoms in total. The summed E-state index contributed by atoms with van der Waals surface area (Å²) in [6.45, 7) is 5.12. The molecule has 2 saturated carbocycles. The van der Waals surface area contributed by atoms with Crippen molar-refractivity contribution < 1.29 is 19.5 Å². The van der Waals surface area contributed by atoms with Crippen LogP contribution < -0.4 is 10.6 Å². The van der Waals surface area contributed by atoms with E-state index in [9.17, 15) is 14.4 Å². The van der Waals surface area contributed by atoms with E-state index in [1.807, 2.05) is 0 Å². The molecule has 2 aliphatic rings. The van der Waals surface area contributed by atoms with Gasteiger partial charge in [0.1, 0.15) is 6.04 Å². The van der Waals surface area contributed by atoms with Crippen molar-refractivity contribution in [2.24, 2.45) is 17.3 Å². The molecule has 106 valence electrons. The van der Waals surface area contributed by atoms with E-state index in [0.717, 1.165) is 12.8 Å². The first kappa shape index (κ1) is 13.8. The van der Waals surface area contributed by atoms with Gasteiger partial charge < -0.3 is 15.7 Å². The van der Waals surface area contributed by atoms with Crippen LogP contribution in [0, 0.1) is 17.3 Å². The predicted octanol–water partition coefficient (Wildman–Crippen LogP) is 0.127. The minimum Gasteiger partial charge on any atom is -0.481 e. The van der Waals surface area contributed by atoms with Gasteiger partial charge >= 0.3 is 5.97 Å². The highest BCUT2D eigenvalue weighted by Gasteiger charge is 2.66. The van der Waals surface area contributed by atoms with Crippen molar-refractivity contribution in [3.8, 4) is 0 Å². The van der Waals surface area contributed by atoms with E-state index in [-0.39, 0.29) is 17.9 Å². The second kappa shape index (κ2) is 4.51. The maximum Gasteiger partial charge on any atom is 0.307 e. The molecule has 2 fully saturated rings. The number of nitrogens with one attached hydrogen (secondary N) is 2. The highest BCUT2D eigenvalue weighted by Crippen LogP contribution is 2.58. The Bertz CT molecular complexity index is 428. The molecule has 3 N–H and O–H groups in total. The van der Waals surface area contributed by atoms with Crippen LogP contribution in [0.15, 0.2) is 0 Å². The molecule has 0 aromatic carbocycles. The first-order valence-corrected chi connectivity index (χ1v) is 6.58. The highest BCUT2D eigenvalue weighted by atomic mass is 16.4. The number of carbonyl (C=O) groups is 3. The van der Waals surface area contributed by atoms with Crippen LogP contribution in [0.3, 0.4) is 0 Å². The van der Waals surface area contributed by atoms with Gasteiger partial charge in [-0.25, -0.2) is 0 Å². The van der Waals surface area contributed by atoms with E-state index >= 15 is 0 Å². The number of carbonyl (C=O) groups excluding carboxylic acids is 2. The summed E-state index contributed by atoms with van der Waals surface area (Å²) in [5.41, 5.74) is -0.539. The van der Waals surface area contributed by atoms with Crippen LogP contribution in [0.2, 0.25) is 0 Å². The summed E-state index contributed by atoms with van der Waals surface area (Å²) in [4.78, 5) is 34.7. The van der Waals surface area contributed by atoms with E-state index < -0.39 is 29.3 Å². The maximum absolute atomic E-state index is 12.0. The Labute approximate surface area is 111 Å². The lowest BCUT2D eigenvalue weighted by atomic mass is 10.1. The van der Waals surface area contributed by atoms with Crippen molar-refractivity contribution in [1.82, 2.24) is 10.6 Å². The average Bonchev–Trinajstić information content (AvgIpc) is 3.15. The summed E-state index contributed by atoms with van der Waals surface area (Å²) in [6.07, 6.45) is 1.98. The van der Waals surface area contributed by atoms with Crippen LogP contribution in [0.1, 0.15) is 33.6 Å². The van der Waals surface area contributed by atoms with Crippen molar-refractivity contribution >= 4 is 17.8 Å². The third kappa shape index (κ3) is 2.72. The Balaban J connectivity index is 1.87. The topological polar surface area (TPSA) is 95.5 Å². The second-order valence-corrected chi connectivity index (χ2v) is 6.13. The normalized spacial score (nSPS) is 29.2. The highest BCUT2D eigenvalue weighted by molar-refractivity contribution is 5.94. The molecule has 0 aromatic rings. The molecule has 0 spiro atoms. The molecule has 19 heavy (non-hydrogen) atoms. The Kier molecular flexibility index (Phi) is 3.28. The zero-order valence-electron chi connectivity index (χ0n) is 11.4. The van der Waals surface area contributed by atoms with Gasteiger partial charge in [0.05, 0.1) is 11.8 Å². The van der Waals surface area contributed by atoms with Gasteiger partial charge in [0.25, 0.3) is 0 Å². The van der Waals surface area contributed by atoms with Gasteiger partial charge in [-0.2, -0.15) is 0 Å². The van der Waals surface area contributed by atoms with Crippen molar-refractivity contribution in [3.05, 3.63) is 0 Å². The molecule has 3 unspecified atom stereocenters. The van der Waals surface area contributed by atoms with E-state index in [2.05, 4.69) is 10.6 Å². The third-order valence-electron chi connectivity index (χ3n) is 4.05. The molecular formula is C13H20N2O4. The van der Waals surface area contributed by atoms with Gasteiger partial charge in [-0.3, -0.25) is 14.4 Å². The molecule has 2 amide bonds. The SMILES string of the molecule is CC(NC(=O)C1C(C(=O)O)C1(C)C)C(=O)NC1CC1. The first-order chi connectivity index (χ1) is 8.75. The smallest absolute Gasteiger partial charge is 0.307 e. The number of carboxylic acid groups (broad SMARTS) is 1. The van der Waals surface area contributed by atoms with Crippen LogP contribution in [0.4, 0.5) is 0 Å². The predicted molar refractivity (Wildman–Crippen MR) is 67.2 cm³/mol. The van der Waals surface area contributed by atoms with E-state index in [1.54, 1.807) is 20.8 Å². The second-order valence-electron chi connectivity index (χ2n) is 6.13. The van der Waals surface area contributed by atoms with Gasteiger partial charge in [-0.1, -0.05) is 13.8 Å². The Morgan fingerprint density at radius 3 is 2.21 bits per heavy atom. The summed E-state index contributed by atoms with van der Waals surface area (Å²) in [5, 5.41) is 14.4. The molecule has 3 atom stereocenters. The summed E-state index contributed by atoms with van der Waals surface area (Å²) in [7, 11) is 0. The molecule has 2 aliphatic carbocycles. The lowest BCUT2D eigenvalue weighted by Crippen LogP contribution is -2.46. The van der Waals surface area contributed by atoms with E-state index in [4.69, 9.17) is 5.11 Å². The minimum absolute atomic E-state index is 0.207. The summed E-state index contributed by atoms with van der Waals surface area (Å²) in [6, 6.07) is -0.380. The monoisotopic (exact) mass is 268 g/mol. The summed E-state index contributed by atoms with van der Waals surface area (Å²) >= 11 is 0. The lowest BCUT2D eigenvalue weighted by molar-refractivity contribution is -0.140. The number of aliphatic carboxylic acids is 1. The largest absolute Gasteiger partial charge is 0.481 e. The Morgan fingerprint density at radius 1 is 1.21 bits per heavy atom. The zero-order chi connectivity index (χ0) is 14.4. The van der Waals surface area contributed by atoms with Crippen molar-refractivity contribution in [2.75, 3.05) is 0 Å². The van der Waals surface area contributed by atoms with Crippen molar-refractivity contribution in [1.29, 1.82) is 0 Å². The molecule has 6 heteroatoms. The van der Waals surface area contributed by atoms with E-state index in [1.165, 1.54) is 0 Å². The van der Waals surface area contributed by atoms with Crippen LogP contribution in [-0.2, 0) is 14.4 Å². The fraction of sp³-hybridized carbons (Fsp3) is 0.769. The third-order valence-corrected chi connectivity index (χ3v) is 4.05. The molecule has 0 heterocycles. The molecule has 0 saturated heterocycles. The molecular weight excluding hydrogens is 248 g/mol. The number of carboxylic acids is 1. The molecule has 2 rings (SSSR count). The standard InChI is InChI=1S/C13H20N2O4/c1-6(10(16)15-7-4-5-7)14-11(17)8-9(12(18)19)13(8,2)3/h6-9H,4-5H2,1-3H3,(H,14,17)(H,15,16)(H,18,19). The van der Waals surface area contributed by atoms with Gasteiger partial charge in [0.2, 0.25) is 11.8 Å². The molecule has 0 aliphatic heterocycles. The average molecular weight is 268 g/mol. The Hall–Kier alpha value is -1.59. The Morgan fingerprint density at radius 2 is 1.79 bits per heavy atom. The number of hydrogen-bond acceptors (Lipinski definition) is 3. The minimum atomic E-state index is -0.958. The van der Waals surface area contributed by atoms with Gasteiger partial charge in [-0.15, -0.1) is 0 Å². The van der Waals surface area contributed by atoms with Crippen molar-refractivity contribution in [2.45, 2.75) is 45.7 Å². The fourth-order valence-electron chi connectivity index (χ4n) is 2.51. The molecule has 0 radical (unpaired) electrons. The van der Waals surface area contributed by atoms with Gasteiger partial charge in [0.15, 0.2) is 0 Å². The van der Waals surface area contributed by atoms with Crippen molar-refractivity contribution in [3.63, 3.8) is 0 Å². The number of rotatable bonds is 5. The summed E-state index contributed by atoms with van der Waals surface area (Å²) in [5.74, 6) is -2.73. The molecule has 0 aromatic heterocycles. The number of hydrogen-bond donors (Lipinski definition) is 3. The van der Waals surface area contributed by atoms with E-state index in [0.29, 0.717) is 0 Å². The molecule has 0 bridgehead atoms. The van der Waals surface area contributed by atoms with Gasteiger partial charge in [0, 0.05) is 6.04 Å². The van der Waals surface area contributed by atoms with Crippen LogP contribution in [-0.4, -0.2) is 35.0 Å². The lowest BCUT2D eigenvalue weighted by Gasteiger charge is -2.14. The van der Waals surface area contributed by atoms with Crippen LogP contribution in [0.5, 0.6) is 0 Å².